The number of aromatic nitrogens is 2. The van der Waals surface area contributed by atoms with Crippen molar-refractivity contribution >= 4 is 11.9 Å². The standard InChI is InChI=1S/C13H23N5O2/c1-5-15-9(2)10-16-17-12(20-10)18-7-6-13(3,8-18)11(19)14-4/h9,15H,5-8H2,1-4H3,(H,14,19). The molecule has 2 unspecified atom stereocenters. The summed E-state index contributed by atoms with van der Waals surface area (Å²) in [5, 5.41) is 14.1. The van der Waals surface area contributed by atoms with E-state index in [-0.39, 0.29) is 11.9 Å². The molecule has 0 aliphatic carbocycles. The van der Waals surface area contributed by atoms with E-state index >= 15 is 0 Å². The molecule has 0 spiro atoms. The number of nitrogens with zero attached hydrogens (tertiary/aromatic N) is 3. The Bertz CT molecular complexity index is 475. The van der Waals surface area contributed by atoms with Crippen LogP contribution in [0.15, 0.2) is 4.42 Å². The highest BCUT2D eigenvalue weighted by Crippen LogP contribution is 2.33. The van der Waals surface area contributed by atoms with Crippen LogP contribution in [0.4, 0.5) is 6.01 Å². The third-order valence-corrected chi connectivity index (χ3v) is 3.83. The van der Waals surface area contributed by atoms with Crippen LogP contribution in [0.2, 0.25) is 0 Å². The molecule has 7 nitrogen and oxygen atoms in total. The van der Waals surface area contributed by atoms with Crippen molar-refractivity contribution in [1.82, 2.24) is 20.8 Å². The molecule has 1 aliphatic heterocycles. The van der Waals surface area contributed by atoms with Crippen molar-refractivity contribution in [2.24, 2.45) is 5.41 Å². The van der Waals surface area contributed by atoms with Gasteiger partial charge in [0.25, 0.3) is 0 Å². The molecule has 1 aromatic rings. The largest absolute Gasteiger partial charge is 0.406 e. The molecule has 1 aromatic heterocycles. The minimum absolute atomic E-state index is 0.0363. The van der Waals surface area contributed by atoms with Gasteiger partial charge in [0.1, 0.15) is 0 Å². The number of carbonyl (C=O) groups is 1. The van der Waals surface area contributed by atoms with E-state index in [9.17, 15) is 4.79 Å². The summed E-state index contributed by atoms with van der Waals surface area (Å²) in [4.78, 5) is 13.9. The molecule has 2 N–H and O–H groups in total. The van der Waals surface area contributed by atoms with Crippen LogP contribution in [0, 0.1) is 5.41 Å². The van der Waals surface area contributed by atoms with Crippen LogP contribution in [0.5, 0.6) is 0 Å². The molecule has 1 saturated heterocycles. The molecule has 0 bridgehead atoms. The second-order valence-electron chi connectivity index (χ2n) is 5.51. The van der Waals surface area contributed by atoms with E-state index in [1.165, 1.54) is 0 Å². The molecule has 7 heteroatoms. The molecule has 2 heterocycles. The van der Waals surface area contributed by atoms with Crippen LogP contribution in [0.25, 0.3) is 0 Å². The summed E-state index contributed by atoms with van der Waals surface area (Å²) in [6.07, 6.45) is 0.785. The number of rotatable bonds is 5. The first-order valence-electron chi connectivity index (χ1n) is 7.04. The maximum atomic E-state index is 11.9. The van der Waals surface area contributed by atoms with Crippen molar-refractivity contribution in [3.8, 4) is 0 Å². The monoisotopic (exact) mass is 281 g/mol. The number of hydrogen-bond acceptors (Lipinski definition) is 6. The second-order valence-corrected chi connectivity index (χ2v) is 5.51. The molecule has 1 amide bonds. The summed E-state index contributed by atoms with van der Waals surface area (Å²) in [7, 11) is 1.67. The van der Waals surface area contributed by atoms with Gasteiger partial charge < -0.3 is 20.0 Å². The smallest absolute Gasteiger partial charge is 0.318 e. The van der Waals surface area contributed by atoms with E-state index < -0.39 is 5.41 Å². The number of amides is 1. The predicted molar refractivity (Wildman–Crippen MR) is 75.4 cm³/mol. The molecule has 2 rings (SSSR count). The Morgan fingerprint density at radius 1 is 1.55 bits per heavy atom. The van der Waals surface area contributed by atoms with Crippen molar-refractivity contribution < 1.29 is 9.21 Å². The van der Waals surface area contributed by atoms with Crippen LogP contribution in [-0.4, -0.2) is 42.8 Å². The summed E-state index contributed by atoms with van der Waals surface area (Å²) in [5.41, 5.74) is -0.392. The van der Waals surface area contributed by atoms with Gasteiger partial charge >= 0.3 is 6.01 Å². The Balaban J connectivity index is 2.05. The number of nitrogens with one attached hydrogen (secondary N) is 2. The van der Waals surface area contributed by atoms with Crippen LogP contribution in [-0.2, 0) is 4.79 Å². The zero-order chi connectivity index (χ0) is 14.8. The lowest BCUT2D eigenvalue weighted by molar-refractivity contribution is -0.128. The fourth-order valence-corrected chi connectivity index (χ4v) is 2.53. The highest BCUT2D eigenvalue weighted by Gasteiger charge is 2.41. The lowest BCUT2D eigenvalue weighted by atomic mass is 9.89. The number of anilines is 1. The van der Waals surface area contributed by atoms with Crippen LogP contribution in [0.3, 0.4) is 0 Å². The quantitative estimate of drug-likeness (QED) is 0.826. The topological polar surface area (TPSA) is 83.3 Å². The molecule has 0 radical (unpaired) electrons. The molecule has 0 saturated carbocycles. The van der Waals surface area contributed by atoms with E-state index in [1.54, 1.807) is 7.05 Å². The fraction of sp³-hybridized carbons (Fsp3) is 0.769. The van der Waals surface area contributed by atoms with E-state index in [2.05, 4.69) is 20.8 Å². The van der Waals surface area contributed by atoms with Crippen molar-refractivity contribution in [2.75, 3.05) is 31.6 Å². The second kappa shape index (κ2) is 5.78. The lowest BCUT2D eigenvalue weighted by Gasteiger charge is -2.21. The first kappa shape index (κ1) is 14.8. The zero-order valence-corrected chi connectivity index (χ0v) is 12.6. The molecule has 0 aromatic carbocycles. The van der Waals surface area contributed by atoms with Crippen LogP contribution < -0.4 is 15.5 Å². The van der Waals surface area contributed by atoms with Gasteiger partial charge in [0.15, 0.2) is 0 Å². The molecular formula is C13H23N5O2. The summed E-state index contributed by atoms with van der Waals surface area (Å²) >= 11 is 0. The highest BCUT2D eigenvalue weighted by molar-refractivity contribution is 5.83. The van der Waals surface area contributed by atoms with Crippen LogP contribution >= 0.6 is 0 Å². The van der Waals surface area contributed by atoms with Gasteiger partial charge in [-0.15, -0.1) is 5.10 Å². The summed E-state index contributed by atoms with van der Waals surface area (Å²) in [5.74, 6) is 0.635. The maximum absolute atomic E-state index is 11.9. The molecule has 20 heavy (non-hydrogen) atoms. The Morgan fingerprint density at radius 3 is 2.95 bits per heavy atom. The Labute approximate surface area is 119 Å². The number of carbonyl (C=O) groups excluding carboxylic acids is 1. The SMILES string of the molecule is CCNC(C)c1nnc(N2CCC(C)(C(=O)NC)C2)o1. The molecule has 1 aliphatic rings. The average Bonchev–Trinajstić information content (AvgIpc) is 3.05. The Hall–Kier alpha value is -1.63. The van der Waals surface area contributed by atoms with E-state index in [0.29, 0.717) is 18.5 Å². The predicted octanol–water partition coefficient (Wildman–Crippen LogP) is 0.702. The zero-order valence-electron chi connectivity index (χ0n) is 12.6. The Morgan fingerprint density at radius 2 is 2.30 bits per heavy atom. The summed E-state index contributed by atoms with van der Waals surface area (Å²) in [6.45, 7) is 8.18. The third kappa shape index (κ3) is 2.77. The normalized spacial score (nSPS) is 23.9. The lowest BCUT2D eigenvalue weighted by Crippen LogP contribution is -2.39. The van der Waals surface area contributed by atoms with Crippen molar-refractivity contribution in [2.45, 2.75) is 33.2 Å². The molecule has 2 atom stereocenters. The first-order chi connectivity index (χ1) is 9.50. The van der Waals surface area contributed by atoms with Gasteiger partial charge in [-0.3, -0.25) is 4.79 Å². The molecular weight excluding hydrogens is 258 g/mol. The highest BCUT2D eigenvalue weighted by atomic mass is 16.4. The average molecular weight is 281 g/mol. The van der Waals surface area contributed by atoms with Gasteiger partial charge in [-0.25, -0.2) is 0 Å². The minimum Gasteiger partial charge on any atom is -0.406 e. The van der Waals surface area contributed by atoms with E-state index in [4.69, 9.17) is 4.42 Å². The van der Waals surface area contributed by atoms with Gasteiger partial charge in [0.2, 0.25) is 11.8 Å². The van der Waals surface area contributed by atoms with Crippen LogP contribution in [0.1, 0.15) is 39.1 Å². The van der Waals surface area contributed by atoms with Gasteiger partial charge in [0, 0.05) is 20.1 Å². The van der Waals surface area contributed by atoms with Gasteiger partial charge in [-0.2, -0.15) is 0 Å². The minimum atomic E-state index is -0.392. The third-order valence-electron chi connectivity index (χ3n) is 3.83. The van der Waals surface area contributed by atoms with Gasteiger partial charge in [-0.1, -0.05) is 12.0 Å². The molecule has 112 valence electrons. The fourth-order valence-electron chi connectivity index (χ4n) is 2.53. The number of hydrogen-bond donors (Lipinski definition) is 2. The van der Waals surface area contributed by atoms with E-state index in [0.717, 1.165) is 19.5 Å². The van der Waals surface area contributed by atoms with E-state index in [1.807, 2.05) is 25.7 Å². The van der Waals surface area contributed by atoms with Gasteiger partial charge in [-0.05, 0) is 26.8 Å². The van der Waals surface area contributed by atoms with Crippen molar-refractivity contribution in [3.63, 3.8) is 0 Å². The Kier molecular flexibility index (Phi) is 4.27. The molecule has 1 fully saturated rings. The summed E-state index contributed by atoms with van der Waals surface area (Å²) < 4.78 is 5.70. The van der Waals surface area contributed by atoms with Crippen molar-refractivity contribution in [3.05, 3.63) is 5.89 Å². The maximum Gasteiger partial charge on any atom is 0.318 e. The van der Waals surface area contributed by atoms with Crippen molar-refractivity contribution in [1.29, 1.82) is 0 Å². The first-order valence-corrected chi connectivity index (χ1v) is 7.04. The summed E-state index contributed by atoms with van der Waals surface area (Å²) in [6, 6.07) is 0.534. The van der Waals surface area contributed by atoms with Gasteiger partial charge in [0.05, 0.1) is 11.5 Å².